The van der Waals surface area contributed by atoms with Gasteiger partial charge in [-0.1, -0.05) is 27.5 Å². The Bertz CT molecular complexity index is 624. The van der Waals surface area contributed by atoms with Crippen molar-refractivity contribution in [2.45, 2.75) is 13.5 Å². The van der Waals surface area contributed by atoms with E-state index in [0.29, 0.717) is 21.2 Å². The van der Waals surface area contributed by atoms with E-state index in [2.05, 4.69) is 15.9 Å². The molecule has 1 aromatic carbocycles. The quantitative estimate of drug-likeness (QED) is 0.855. The fraction of sp³-hybridized carbons (Fsp3) is 0.154. The van der Waals surface area contributed by atoms with Crippen molar-refractivity contribution in [1.29, 1.82) is 0 Å². The maximum absolute atomic E-state index is 11.2. The molecule has 0 radical (unpaired) electrons. The minimum absolute atomic E-state index is 0.148. The van der Waals surface area contributed by atoms with Gasteiger partial charge in [-0.05, 0) is 36.8 Å². The largest absolute Gasteiger partial charge is 0.487 e. The number of hydrogen-bond acceptors (Lipinski definition) is 3. The van der Waals surface area contributed by atoms with E-state index in [1.165, 1.54) is 17.4 Å². The number of carboxylic acids is 1. The van der Waals surface area contributed by atoms with Crippen LogP contribution in [0, 0.1) is 6.92 Å². The van der Waals surface area contributed by atoms with E-state index in [-0.39, 0.29) is 5.56 Å². The van der Waals surface area contributed by atoms with E-state index in [0.717, 1.165) is 10.4 Å². The highest BCUT2D eigenvalue weighted by Crippen LogP contribution is 2.30. The maximum Gasteiger partial charge on any atom is 0.339 e. The summed E-state index contributed by atoms with van der Waals surface area (Å²) >= 11 is 10.5. The van der Waals surface area contributed by atoms with Crippen molar-refractivity contribution >= 4 is 44.8 Å². The first-order valence-electron chi connectivity index (χ1n) is 5.38. The lowest BCUT2D eigenvalue weighted by Crippen LogP contribution is -2.04. The second-order valence-corrected chi connectivity index (χ2v) is 6.61. The molecule has 2 rings (SSSR count). The standard InChI is InChI=1S/C13H10BrClO3S/c1-7-4-8(14)5-10(13(16)17)12(7)18-6-9-2-3-11(15)19-9/h2-5H,6H2,1H3,(H,16,17). The molecule has 1 N–H and O–H groups in total. The number of aryl methyl sites for hydroxylation is 1. The van der Waals surface area contributed by atoms with Gasteiger partial charge >= 0.3 is 5.97 Å². The molecule has 0 saturated carbocycles. The van der Waals surface area contributed by atoms with Crippen LogP contribution < -0.4 is 4.74 Å². The summed E-state index contributed by atoms with van der Waals surface area (Å²) in [5.74, 6) is -0.621. The predicted molar refractivity (Wildman–Crippen MR) is 79.5 cm³/mol. The van der Waals surface area contributed by atoms with Crippen LogP contribution in [0.4, 0.5) is 0 Å². The number of hydrogen-bond donors (Lipinski definition) is 1. The summed E-state index contributed by atoms with van der Waals surface area (Å²) in [5, 5.41) is 9.20. The molecule has 0 fully saturated rings. The first kappa shape index (κ1) is 14.4. The second-order valence-electron chi connectivity index (χ2n) is 3.90. The molecule has 0 aliphatic heterocycles. The summed E-state index contributed by atoms with van der Waals surface area (Å²) in [6.07, 6.45) is 0. The second kappa shape index (κ2) is 5.94. The van der Waals surface area contributed by atoms with Gasteiger partial charge < -0.3 is 9.84 Å². The zero-order valence-electron chi connectivity index (χ0n) is 9.94. The first-order chi connectivity index (χ1) is 8.97. The Balaban J connectivity index is 2.26. The molecule has 0 aliphatic rings. The lowest BCUT2D eigenvalue weighted by molar-refractivity contribution is 0.0691. The van der Waals surface area contributed by atoms with Crippen molar-refractivity contribution in [2.75, 3.05) is 0 Å². The average Bonchev–Trinajstić information content (AvgIpc) is 2.73. The average molecular weight is 362 g/mol. The minimum atomic E-state index is -1.01. The number of aromatic carboxylic acids is 1. The molecule has 0 aliphatic carbocycles. The fourth-order valence-corrected chi connectivity index (χ4v) is 3.23. The zero-order chi connectivity index (χ0) is 14.0. The van der Waals surface area contributed by atoms with E-state index in [4.69, 9.17) is 16.3 Å². The molecule has 3 nitrogen and oxygen atoms in total. The van der Waals surface area contributed by atoms with Crippen LogP contribution in [0.3, 0.4) is 0 Å². The zero-order valence-corrected chi connectivity index (χ0v) is 13.1. The van der Waals surface area contributed by atoms with Crippen LogP contribution in [-0.4, -0.2) is 11.1 Å². The molecule has 1 heterocycles. The molecule has 0 amide bonds. The van der Waals surface area contributed by atoms with Crippen LogP contribution in [0.15, 0.2) is 28.7 Å². The highest BCUT2D eigenvalue weighted by atomic mass is 79.9. The Morgan fingerprint density at radius 1 is 1.47 bits per heavy atom. The Morgan fingerprint density at radius 3 is 2.79 bits per heavy atom. The van der Waals surface area contributed by atoms with Crippen molar-refractivity contribution in [3.05, 3.63) is 49.1 Å². The van der Waals surface area contributed by atoms with Gasteiger partial charge in [0.1, 0.15) is 17.9 Å². The fourth-order valence-electron chi connectivity index (χ4n) is 1.65. The number of carbonyl (C=O) groups is 1. The smallest absolute Gasteiger partial charge is 0.339 e. The van der Waals surface area contributed by atoms with E-state index < -0.39 is 5.97 Å². The molecule has 100 valence electrons. The number of thiophene rings is 1. The summed E-state index contributed by atoms with van der Waals surface area (Å²) in [5.41, 5.74) is 0.920. The SMILES string of the molecule is Cc1cc(Br)cc(C(=O)O)c1OCc1ccc(Cl)s1. The Labute approximate surface area is 127 Å². The summed E-state index contributed by atoms with van der Waals surface area (Å²) in [7, 11) is 0. The predicted octanol–water partition coefficient (Wildman–Crippen LogP) is 4.75. The number of halogens is 2. The van der Waals surface area contributed by atoms with Crippen molar-refractivity contribution < 1.29 is 14.6 Å². The van der Waals surface area contributed by atoms with Gasteiger partial charge in [0.15, 0.2) is 0 Å². The first-order valence-corrected chi connectivity index (χ1v) is 7.36. The third kappa shape index (κ3) is 3.49. The van der Waals surface area contributed by atoms with Gasteiger partial charge in [0.25, 0.3) is 0 Å². The van der Waals surface area contributed by atoms with Gasteiger partial charge in [0.2, 0.25) is 0 Å². The van der Waals surface area contributed by atoms with Gasteiger partial charge in [-0.3, -0.25) is 0 Å². The van der Waals surface area contributed by atoms with Gasteiger partial charge in [-0.25, -0.2) is 4.79 Å². The molecule has 2 aromatic rings. The van der Waals surface area contributed by atoms with E-state index >= 15 is 0 Å². The number of carboxylic acid groups (broad SMARTS) is 1. The highest BCUT2D eigenvalue weighted by Gasteiger charge is 2.15. The Hall–Kier alpha value is -1.04. The van der Waals surface area contributed by atoms with Crippen LogP contribution >= 0.6 is 38.9 Å². The van der Waals surface area contributed by atoms with Gasteiger partial charge in [0, 0.05) is 9.35 Å². The number of ether oxygens (including phenoxy) is 1. The van der Waals surface area contributed by atoms with Crippen molar-refractivity contribution in [1.82, 2.24) is 0 Å². The van der Waals surface area contributed by atoms with E-state index in [9.17, 15) is 9.90 Å². The molecular formula is C13H10BrClO3S. The van der Waals surface area contributed by atoms with Crippen molar-refractivity contribution in [3.63, 3.8) is 0 Å². The molecular weight excluding hydrogens is 352 g/mol. The van der Waals surface area contributed by atoms with Crippen LogP contribution in [0.25, 0.3) is 0 Å². The van der Waals surface area contributed by atoms with Crippen molar-refractivity contribution in [2.24, 2.45) is 0 Å². The number of rotatable bonds is 4. The van der Waals surface area contributed by atoms with Gasteiger partial charge in [0.05, 0.1) is 4.34 Å². The highest BCUT2D eigenvalue weighted by molar-refractivity contribution is 9.10. The molecule has 0 unspecified atom stereocenters. The van der Waals surface area contributed by atoms with Gasteiger partial charge in [-0.2, -0.15) is 0 Å². The normalized spacial score (nSPS) is 10.5. The summed E-state index contributed by atoms with van der Waals surface area (Å²) in [6, 6.07) is 7.01. The monoisotopic (exact) mass is 360 g/mol. The van der Waals surface area contributed by atoms with Crippen LogP contribution in [-0.2, 0) is 6.61 Å². The van der Waals surface area contributed by atoms with Crippen LogP contribution in [0.1, 0.15) is 20.8 Å². The maximum atomic E-state index is 11.2. The molecule has 0 spiro atoms. The molecule has 19 heavy (non-hydrogen) atoms. The Kier molecular flexibility index (Phi) is 4.50. The Morgan fingerprint density at radius 2 is 2.21 bits per heavy atom. The third-order valence-electron chi connectivity index (χ3n) is 2.46. The summed E-state index contributed by atoms with van der Waals surface area (Å²) in [4.78, 5) is 12.2. The van der Waals surface area contributed by atoms with Crippen LogP contribution in [0.5, 0.6) is 5.75 Å². The van der Waals surface area contributed by atoms with Crippen molar-refractivity contribution in [3.8, 4) is 5.75 Å². The molecule has 0 atom stereocenters. The summed E-state index contributed by atoms with van der Waals surface area (Å²) in [6.45, 7) is 2.12. The third-order valence-corrected chi connectivity index (χ3v) is 4.12. The molecule has 6 heteroatoms. The van der Waals surface area contributed by atoms with Gasteiger partial charge in [-0.15, -0.1) is 11.3 Å². The molecule has 0 bridgehead atoms. The van der Waals surface area contributed by atoms with Crippen LogP contribution in [0.2, 0.25) is 4.34 Å². The number of benzene rings is 1. The lowest BCUT2D eigenvalue weighted by Gasteiger charge is -2.12. The summed E-state index contributed by atoms with van der Waals surface area (Å²) < 4.78 is 7.04. The van der Waals surface area contributed by atoms with E-state index in [1.807, 2.05) is 19.1 Å². The van der Waals surface area contributed by atoms with E-state index in [1.54, 1.807) is 6.07 Å². The lowest BCUT2D eigenvalue weighted by atomic mass is 10.1. The topological polar surface area (TPSA) is 46.5 Å². The molecule has 1 aromatic heterocycles. The minimum Gasteiger partial charge on any atom is -0.487 e. The molecule has 0 saturated heterocycles.